The molecule has 1 amide bonds. The van der Waals surface area contributed by atoms with Crippen molar-refractivity contribution in [1.29, 1.82) is 0 Å². The van der Waals surface area contributed by atoms with E-state index in [-0.39, 0.29) is 12.3 Å². The molecule has 0 fully saturated rings. The normalized spacial score (nSPS) is 10.5. The molecule has 0 saturated heterocycles. The van der Waals surface area contributed by atoms with Crippen LogP contribution < -0.4 is 4.74 Å². The number of hydrogen-bond donors (Lipinski definition) is 0. The average Bonchev–Trinajstić information content (AvgIpc) is 2.51. The zero-order valence-electron chi connectivity index (χ0n) is 11.7. The minimum Gasteiger partial charge on any atom is -0.457 e. The third-order valence-electron chi connectivity index (χ3n) is 2.62. The Morgan fingerprint density at radius 1 is 1.05 bits per heavy atom. The quantitative estimate of drug-likeness (QED) is 0.596. The molecule has 0 saturated carbocycles. The van der Waals surface area contributed by atoms with Crippen LogP contribution in [0.25, 0.3) is 0 Å². The van der Waals surface area contributed by atoms with E-state index >= 15 is 0 Å². The average molecular weight is 284 g/mol. The molecule has 21 heavy (non-hydrogen) atoms. The number of amides is 1. The maximum atomic E-state index is 11.7. The Bertz CT molecular complexity index is 612. The summed E-state index contributed by atoms with van der Waals surface area (Å²) in [6.45, 7) is 2.15. The molecule has 5 heteroatoms. The topological polar surface area (TPSA) is 60.2 Å². The van der Waals surface area contributed by atoms with E-state index in [1.165, 1.54) is 0 Å². The minimum absolute atomic E-state index is 0.111. The predicted octanol–water partition coefficient (Wildman–Crippen LogP) is 3.95. The lowest BCUT2D eigenvalue weighted by Crippen LogP contribution is -2.00. The first kappa shape index (κ1) is 14.7. The van der Waals surface area contributed by atoms with Crippen LogP contribution in [0.5, 0.6) is 11.5 Å². The van der Waals surface area contributed by atoms with Gasteiger partial charge >= 0.3 is 0 Å². The third kappa shape index (κ3) is 4.72. The van der Waals surface area contributed by atoms with Crippen LogP contribution in [0.3, 0.4) is 0 Å². The molecule has 2 rings (SSSR count). The summed E-state index contributed by atoms with van der Waals surface area (Å²) in [6.07, 6.45) is 0.111. The molecular weight excluding hydrogens is 268 g/mol. The van der Waals surface area contributed by atoms with Crippen molar-refractivity contribution >= 4 is 5.91 Å². The van der Waals surface area contributed by atoms with Crippen LogP contribution in [0.2, 0.25) is 0 Å². The zero-order chi connectivity index (χ0) is 14.9. The summed E-state index contributed by atoms with van der Waals surface area (Å²) in [6, 6.07) is 16.7. The summed E-state index contributed by atoms with van der Waals surface area (Å²) < 4.78 is 5.78. The summed E-state index contributed by atoms with van der Waals surface area (Å²) in [5, 5.41) is 6.80. The van der Waals surface area contributed by atoms with Crippen LogP contribution in [-0.4, -0.2) is 12.5 Å². The predicted molar refractivity (Wildman–Crippen MR) is 78.2 cm³/mol. The van der Waals surface area contributed by atoms with Crippen LogP contribution in [0.1, 0.15) is 12.5 Å². The number of carbonyl (C=O) groups excluding carboxylic acids is 1. The minimum atomic E-state index is -0.382. The number of ether oxygens (including phenoxy) is 1. The molecule has 108 valence electrons. The lowest BCUT2D eigenvalue weighted by atomic mass is 10.1. The number of hydrogen-bond acceptors (Lipinski definition) is 4. The summed E-state index contributed by atoms with van der Waals surface area (Å²) >= 11 is 0. The van der Waals surface area contributed by atoms with Crippen LogP contribution in [-0.2, 0) is 16.1 Å². The van der Waals surface area contributed by atoms with Gasteiger partial charge in [-0.25, -0.2) is 0 Å². The number of benzene rings is 2. The van der Waals surface area contributed by atoms with Crippen molar-refractivity contribution < 1.29 is 14.4 Å². The van der Waals surface area contributed by atoms with Crippen molar-refractivity contribution in [3.63, 3.8) is 0 Å². The highest BCUT2D eigenvalue weighted by molar-refractivity contribution is 5.79. The van der Waals surface area contributed by atoms with Gasteiger partial charge in [-0.2, -0.15) is 0 Å². The van der Waals surface area contributed by atoms with Crippen LogP contribution in [0.15, 0.2) is 65.0 Å². The van der Waals surface area contributed by atoms with E-state index in [1.54, 1.807) is 6.92 Å². The molecule has 0 spiro atoms. The maximum Gasteiger partial charge on any atom is 0.272 e. The van der Waals surface area contributed by atoms with Crippen molar-refractivity contribution in [1.82, 2.24) is 0 Å². The largest absolute Gasteiger partial charge is 0.457 e. The van der Waals surface area contributed by atoms with Crippen molar-refractivity contribution in [3.8, 4) is 11.5 Å². The van der Waals surface area contributed by atoms with E-state index in [9.17, 15) is 4.79 Å². The second kappa shape index (κ2) is 7.79. The van der Waals surface area contributed by atoms with Gasteiger partial charge in [0.2, 0.25) is 0 Å². The van der Waals surface area contributed by atoms with Crippen molar-refractivity contribution in [2.75, 3.05) is 6.61 Å². The van der Waals surface area contributed by atoms with Gasteiger partial charge in [-0.3, -0.25) is 4.79 Å². The molecule has 0 aliphatic heterocycles. The second-order valence-electron chi connectivity index (χ2n) is 4.19. The Balaban J connectivity index is 2.08. The number of nitrogens with zero attached hydrogens (tertiary/aromatic N) is 2. The molecular formula is C16H16N2O3. The number of carbonyl (C=O) groups is 1. The van der Waals surface area contributed by atoms with E-state index < -0.39 is 0 Å². The summed E-state index contributed by atoms with van der Waals surface area (Å²) in [5.41, 5.74) is 0.752. The van der Waals surface area contributed by atoms with E-state index in [0.717, 1.165) is 5.56 Å². The molecule has 0 unspecified atom stereocenters. The number of rotatable bonds is 6. The highest BCUT2D eigenvalue weighted by atomic mass is 16.6. The Hall–Kier alpha value is -2.69. The maximum absolute atomic E-state index is 11.7. The molecule has 2 aromatic carbocycles. The molecule has 0 N–H and O–H groups in total. The monoisotopic (exact) mass is 284 g/mol. The third-order valence-corrected chi connectivity index (χ3v) is 2.62. The highest BCUT2D eigenvalue weighted by Crippen LogP contribution is 2.25. The molecule has 0 aliphatic carbocycles. The Labute approximate surface area is 123 Å². The smallest absolute Gasteiger partial charge is 0.272 e. The first-order valence-electron chi connectivity index (χ1n) is 6.66. The fourth-order valence-electron chi connectivity index (χ4n) is 1.70. The SMILES string of the molecule is CCON=NC(=O)Cc1ccccc1Oc1ccccc1. The van der Waals surface area contributed by atoms with E-state index in [2.05, 4.69) is 15.2 Å². The van der Waals surface area contributed by atoms with Gasteiger partial charge in [-0.05, 0) is 25.1 Å². The zero-order valence-corrected chi connectivity index (χ0v) is 11.7. The van der Waals surface area contributed by atoms with E-state index in [0.29, 0.717) is 18.1 Å². The fraction of sp³-hybridized carbons (Fsp3) is 0.188. The Kier molecular flexibility index (Phi) is 5.46. The van der Waals surface area contributed by atoms with Gasteiger partial charge in [0, 0.05) is 10.8 Å². The van der Waals surface area contributed by atoms with Gasteiger partial charge in [0.05, 0.1) is 6.42 Å². The van der Waals surface area contributed by atoms with Crippen molar-refractivity contribution in [2.45, 2.75) is 13.3 Å². The number of para-hydroxylation sites is 2. The first-order chi connectivity index (χ1) is 10.3. The molecule has 0 aromatic heterocycles. The second-order valence-corrected chi connectivity index (χ2v) is 4.19. The van der Waals surface area contributed by atoms with Crippen LogP contribution in [0.4, 0.5) is 0 Å². The van der Waals surface area contributed by atoms with Crippen molar-refractivity contribution in [2.24, 2.45) is 10.4 Å². The van der Waals surface area contributed by atoms with E-state index in [4.69, 9.17) is 4.74 Å². The first-order valence-corrected chi connectivity index (χ1v) is 6.66. The molecule has 0 heterocycles. The molecule has 0 radical (unpaired) electrons. The molecule has 0 aliphatic rings. The van der Waals surface area contributed by atoms with Gasteiger partial charge in [0.25, 0.3) is 5.91 Å². The summed E-state index contributed by atoms with van der Waals surface area (Å²) in [7, 11) is 0. The van der Waals surface area contributed by atoms with Gasteiger partial charge in [0.1, 0.15) is 18.1 Å². The van der Waals surface area contributed by atoms with Crippen LogP contribution in [0, 0.1) is 0 Å². The van der Waals surface area contributed by atoms with Crippen LogP contribution >= 0.6 is 0 Å². The fourth-order valence-corrected chi connectivity index (χ4v) is 1.70. The summed E-state index contributed by atoms with van der Waals surface area (Å²) in [4.78, 5) is 16.4. The van der Waals surface area contributed by atoms with Gasteiger partial charge < -0.3 is 9.57 Å². The molecule has 2 aromatic rings. The standard InChI is InChI=1S/C16H16N2O3/c1-2-20-18-17-16(19)12-13-8-6-7-11-15(13)21-14-9-4-3-5-10-14/h3-11H,2,12H2,1H3. The van der Waals surface area contributed by atoms with Gasteiger partial charge in [-0.15, -0.1) is 0 Å². The highest BCUT2D eigenvalue weighted by Gasteiger charge is 2.09. The van der Waals surface area contributed by atoms with E-state index in [1.807, 2.05) is 54.6 Å². The molecule has 5 nitrogen and oxygen atoms in total. The summed E-state index contributed by atoms with van der Waals surface area (Å²) in [5.74, 6) is 0.963. The Morgan fingerprint density at radius 2 is 1.76 bits per heavy atom. The molecule has 0 bridgehead atoms. The van der Waals surface area contributed by atoms with Gasteiger partial charge in [-0.1, -0.05) is 41.5 Å². The lowest BCUT2D eigenvalue weighted by molar-refractivity contribution is -0.118. The van der Waals surface area contributed by atoms with Crippen molar-refractivity contribution in [3.05, 3.63) is 60.2 Å². The van der Waals surface area contributed by atoms with Gasteiger partial charge in [0.15, 0.2) is 0 Å². The molecule has 0 atom stereocenters. The lowest BCUT2D eigenvalue weighted by Gasteiger charge is -2.09. The Morgan fingerprint density at radius 3 is 2.52 bits per heavy atom.